The van der Waals surface area contributed by atoms with Crippen molar-refractivity contribution in [3.8, 4) is 0 Å². The molecule has 0 aliphatic carbocycles. The third-order valence-electron chi connectivity index (χ3n) is 5.09. The normalized spacial score (nSPS) is 27.8. The van der Waals surface area contributed by atoms with E-state index in [-0.39, 0.29) is 30.1 Å². The number of carbonyl (C=O) groups excluding carboxylic acids is 1. The van der Waals surface area contributed by atoms with Crippen molar-refractivity contribution in [2.45, 2.75) is 57.3 Å². The Kier molecular flexibility index (Phi) is 5.15. The van der Waals surface area contributed by atoms with E-state index >= 15 is 0 Å². The lowest BCUT2D eigenvalue weighted by Crippen LogP contribution is -2.47. The molecule has 1 aromatic carbocycles. The summed E-state index contributed by atoms with van der Waals surface area (Å²) in [6, 6.07) is 3.94. The molecule has 0 spiro atoms. The third-order valence-corrected chi connectivity index (χ3v) is 5.09. The zero-order valence-electron chi connectivity index (χ0n) is 14.2. The first-order valence-electron chi connectivity index (χ1n) is 8.72. The van der Waals surface area contributed by atoms with Gasteiger partial charge in [0.05, 0.1) is 12.1 Å². The number of carbonyl (C=O) groups is 1. The topological polar surface area (TPSA) is 44.4 Å². The van der Waals surface area contributed by atoms with Crippen molar-refractivity contribution < 1.29 is 13.6 Å². The van der Waals surface area contributed by atoms with Crippen LogP contribution in [-0.4, -0.2) is 42.0 Å². The molecule has 3 atom stereocenters. The molecule has 3 rings (SSSR count). The molecule has 0 bridgehead atoms. The van der Waals surface area contributed by atoms with Gasteiger partial charge in [-0.15, -0.1) is 0 Å². The van der Waals surface area contributed by atoms with Gasteiger partial charge in [0.15, 0.2) is 11.6 Å². The molecule has 2 aliphatic heterocycles. The molecule has 0 radical (unpaired) electrons. The zero-order chi connectivity index (χ0) is 17.3. The van der Waals surface area contributed by atoms with Crippen LogP contribution in [0.3, 0.4) is 0 Å². The Labute approximate surface area is 141 Å². The number of rotatable bonds is 4. The Balaban J connectivity index is 1.81. The maximum Gasteiger partial charge on any atom is 0.237 e. The monoisotopic (exact) mass is 337 g/mol. The average molecular weight is 337 g/mol. The molecule has 2 heterocycles. The number of halogens is 2. The molecule has 132 valence electrons. The highest BCUT2D eigenvalue weighted by atomic mass is 19.2. The largest absolute Gasteiger partial charge is 0.350 e. The van der Waals surface area contributed by atoms with Crippen LogP contribution in [0.1, 0.15) is 44.7 Å². The number of likely N-dealkylation sites (tertiary alicyclic amines) is 1. The summed E-state index contributed by atoms with van der Waals surface area (Å²) in [5.74, 6) is -1.68. The van der Waals surface area contributed by atoms with E-state index in [1.54, 1.807) is 6.07 Å². The van der Waals surface area contributed by atoms with E-state index in [0.29, 0.717) is 5.56 Å². The van der Waals surface area contributed by atoms with E-state index in [1.165, 1.54) is 12.1 Å². The molecular formula is C18H25F2N3O. The number of amides is 1. The minimum absolute atomic E-state index is 0.00990. The van der Waals surface area contributed by atoms with Crippen LogP contribution in [0, 0.1) is 11.6 Å². The Bertz CT molecular complexity index is 602. The van der Waals surface area contributed by atoms with Crippen molar-refractivity contribution >= 4 is 5.91 Å². The number of nitrogens with one attached hydrogen (secondary N) is 2. The summed E-state index contributed by atoms with van der Waals surface area (Å²) < 4.78 is 27.0. The van der Waals surface area contributed by atoms with Crippen LogP contribution in [-0.2, 0) is 4.79 Å². The fraction of sp³-hybridized carbons (Fsp3) is 0.611. The van der Waals surface area contributed by atoms with Crippen molar-refractivity contribution in [3.05, 3.63) is 35.4 Å². The van der Waals surface area contributed by atoms with E-state index in [9.17, 15) is 13.6 Å². The predicted molar refractivity (Wildman–Crippen MR) is 88.5 cm³/mol. The van der Waals surface area contributed by atoms with Gasteiger partial charge in [0.2, 0.25) is 5.91 Å². The van der Waals surface area contributed by atoms with Crippen molar-refractivity contribution in [2.24, 2.45) is 0 Å². The molecule has 24 heavy (non-hydrogen) atoms. The van der Waals surface area contributed by atoms with E-state index in [2.05, 4.69) is 29.4 Å². The zero-order valence-corrected chi connectivity index (χ0v) is 14.2. The van der Waals surface area contributed by atoms with Crippen LogP contribution in [0.5, 0.6) is 0 Å². The molecule has 6 heteroatoms. The maximum absolute atomic E-state index is 13.7. The number of nitrogens with zero attached hydrogens (tertiary/aromatic N) is 1. The van der Waals surface area contributed by atoms with Gasteiger partial charge in [0.1, 0.15) is 0 Å². The fourth-order valence-electron chi connectivity index (χ4n) is 3.86. The van der Waals surface area contributed by atoms with Gasteiger partial charge < -0.3 is 10.6 Å². The Hall–Kier alpha value is -1.53. The van der Waals surface area contributed by atoms with Crippen LogP contribution >= 0.6 is 0 Å². The average Bonchev–Trinajstić information content (AvgIpc) is 3.19. The van der Waals surface area contributed by atoms with Gasteiger partial charge in [0, 0.05) is 18.6 Å². The lowest BCUT2D eigenvalue weighted by Gasteiger charge is -2.32. The number of hydrogen-bond donors (Lipinski definition) is 2. The minimum atomic E-state index is -0.844. The highest BCUT2D eigenvalue weighted by Gasteiger charge is 2.38. The lowest BCUT2D eigenvalue weighted by molar-refractivity contribution is -0.123. The smallest absolute Gasteiger partial charge is 0.237 e. The van der Waals surface area contributed by atoms with Gasteiger partial charge in [-0.25, -0.2) is 8.78 Å². The number of hydrogen-bond acceptors (Lipinski definition) is 3. The molecule has 2 saturated heterocycles. The maximum atomic E-state index is 13.7. The first kappa shape index (κ1) is 17.3. The Morgan fingerprint density at radius 1 is 1.29 bits per heavy atom. The summed E-state index contributed by atoms with van der Waals surface area (Å²) in [5.41, 5.74) is 0.713. The highest BCUT2D eigenvalue weighted by molar-refractivity contribution is 5.82. The van der Waals surface area contributed by atoms with Crippen molar-refractivity contribution in [2.75, 3.05) is 13.1 Å². The molecule has 2 aliphatic rings. The van der Waals surface area contributed by atoms with Crippen LogP contribution in [0.15, 0.2) is 18.2 Å². The van der Waals surface area contributed by atoms with Gasteiger partial charge >= 0.3 is 0 Å². The molecule has 0 aromatic heterocycles. The molecular weight excluding hydrogens is 312 g/mol. The third kappa shape index (κ3) is 3.44. The van der Waals surface area contributed by atoms with Gasteiger partial charge in [-0.2, -0.15) is 0 Å². The number of benzene rings is 1. The van der Waals surface area contributed by atoms with Crippen molar-refractivity contribution in [1.29, 1.82) is 0 Å². The Morgan fingerprint density at radius 3 is 2.71 bits per heavy atom. The van der Waals surface area contributed by atoms with E-state index in [0.717, 1.165) is 32.4 Å². The SMILES string of the molecule is CC(C)N1CC[C@H](NC(=O)[C@@H]2CCCN2)[C@H]1c1ccc(F)c(F)c1. The molecule has 4 nitrogen and oxygen atoms in total. The van der Waals surface area contributed by atoms with Crippen LogP contribution in [0.25, 0.3) is 0 Å². The predicted octanol–water partition coefficient (Wildman–Crippen LogP) is 2.36. The second-order valence-electron chi connectivity index (χ2n) is 7.00. The molecule has 2 N–H and O–H groups in total. The molecule has 0 saturated carbocycles. The quantitative estimate of drug-likeness (QED) is 0.886. The lowest BCUT2D eigenvalue weighted by atomic mass is 9.98. The van der Waals surface area contributed by atoms with Crippen LogP contribution < -0.4 is 10.6 Å². The molecule has 1 amide bonds. The summed E-state index contributed by atoms with van der Waals surface area (Å²) in [6.45, 7) is 5.85. The van der Waals surface area contributed by atoms with Crippen LogP contribution in [0.4, 0.5) is 8.78 Å². The fourth-order valence-corrected chi connectivity index (χ4v) is 3.86. The summed E-state index contributed by atoms with van der Waals surface area (Å²) in [4.78, 5) is 14.7. The van der Waals surface area contributed by atoms with E-state index in [4.69, 9.17) is 0 Å². The standard InChI is InChI=1S/C18H25F2N3O/c1-11(2)23-9-7-15(22-18(24)16-4-3-8-21-16)17(23)12-5-6-13(19)14(20)10-12/h5-6,10-11,15-17,21H,3-4,7-9H2,1-2H3,(H,22,24)/t15-,16-,17+/m0/s1. The molecule has 1 aromatic rings. The second kappa shape index (κ2) is 7.15. The Morgan fingerprint density at radius 2 is 2.08 bits per heavy atom. The van der Waals surface area contributed by atoms with Crippen molar-refractivity contribution in [1.82, 2.24) is 15.5 Å². The summed E-state index contributed by atoms with van der Waals surface area (Å²) in [5, 5.41) is 6.33. The van der Waals surface area contributed by atoms with Gasteiger partial charge in [-0.3, -0.25) is 9.69 Å². The summed E-state index contributed by atoms with van der Waals surface area (Å²) in [6.07, 6.45) is 2.66. The van der Waals surface area contributed by atoms with E-state index in [1.807, 2.05) is 0 Å². The van der Waals surface area contributed by atoms with Gasteiger partial charge in [-0.05, 0) is 57.4 Å². The summed E-state index contributed by atoms with van der Waals surface area (Å²) >= 11 is 0. The summed E-state index contributed by atoms with van der Waals surface area (Å²) in [7, 11) is 0. The first-order valence-corrected chi connectivity index (χ1v) is 8.72. The molecule has 0 unspecified atom stereocenters. The van der Waals surface area contributed by atoms with Crippen LogP contribution in [0.2, 0.25) is 0 Å². The highest BCUT2D eigenvalue weighted by Crippen LogP contribution is 2.34. The molecule has 2 fully saturated rings. The van der Waals surface area contributed by atoms with Crippen molar-refractivity contribution in [3.63, 3.8) is 0 Å². The van der Waals surface area contributed by atoms with E-state index < -0.39 is 11.6 Å². The minimum Gasteiger partial charge on any atom is -0.350 e. The second-order valence-corrected chi connectivity index (χ2v) is 7.00. The van der Waals surface area contributed by atoms with Gasteiger partial charge in [0.25, 0.3) is 0 Å². The van der Waals surface area contributed by atoms with Gasteiger partial charge in [-0.1, -0.05) is 6.07 Å². The first-order chi connectivity index (χ1) is 11.5.